The number of aromatic nitrogens is 2. The Labute approximate surface area is 193 Å². The number of anilines is 2. The van der Waals surface area contributed by atoms with Crippen molar-refractivity contribution in [2.45, 2.75) is 6.42 Å². The van der Waals surface area contributed by atoms with Crippen molar-refractivity contribution in [3.63, 3.8) is 0 Å². The van der Waals surface area contributed by atoms with Crippen molar-refractivity contribution in [3.05, 3.63) is 97.9 Å². The second-order valence-corrected chi connectivity index (χ2v) is 8.58. The van der Waals surface area contributed by atoms with Crippen molar-refractivity contribution in [3.8, 4) is 0 Å². The van der Waals surface area contributed by atoms with Gasteiger partial charge in [0, 0.05) is 61.1 Å². The molecule has 2 aliphatic rings. The van der Waals surface area contributed by atoms with Crippen LogP contribution in [0.25, 0.3) is 21.5 Å². The van der Waals surface area contributed by atoms with Gasteiger partial charge in [0.05, 0.1) is 13.3 Å². The lowest BCUT2D eigenvalue weighted by atomic mass is 10.2. The maximum atomic E-state index is 4.64. The third-order valence-electron chi connectivity index (χ3n) is 6.30. The van der Waals surface area contributed by atoms with Crippen LogP contribution in [-0.4, -0.2) is 46.2 Å². The van der Waals surface area contributed by atoms with Gasteiger partial charge in [-0.25, -0.2) is 9.97 Å². The van der Waals surface area contributed by atoms with Gasteiger partial charge in [0.25, 0.3) is 0 Å². The van der Waals surface area contributed by atoms with E-state index in [0.717, 1.165) is 44.5 Å². The minimum atomic E-state index is 0.842. The van der Waals surface area contributed by atoms with Crippen LogP contribution in [0.15, 0.2) is 97.9 Å². The predicted molar refractivity (Wildman–Crippen MR) is 134 cm³/mol. The third-order valence-corrected chi connectivity index (χ3v) is 6.30. The Morgan fingerprint density at radius 1 is 0.576 bits per heavy atom. The van der Waals surface area contributed by atoms with E-state index >= 15 is 0 Å². The van der Waals surface area contributed by atoms with Gasteiger partial charge in [-0.15, -0.1) is 0 Å². The number of hydrogen-bond acceptors (Lipinski definition) is 6. The molecule has 6 heteroatoms. The molecule has 6 nitrogen and oxygen atoms in total. The quantitative estimate of drug-likeness (QED) is 0.426. The second-order valence-electron chi connectivity index (χ2n) is 8.58. The molecule has 0 spiro atoms. The van der Waals surface area contributed by atoms with Crippen molar-refractivity contribution in [1.82, 2.24) is 19.8 Å². The summed E-state index contributed by atoms with van der Waals surface area (Å²) >= 11 is 0. The summed E-state index contributed by atoms with van der Waals surface area (Å²) in [6.45, 7) is 3.71. The fraction of sp³-hybridized carbons (Fsp3) is 0.185. The first-order chi connectivity index (χ1) is 16.3. The van der Waals surface area contributed by atoms with Gasteiger partial charge in [0.15, 0.2) is 0 Å². The number of fused-ring (bicyclic) bond motifs is 2. The zero-order valence-electron chi connectivity index (χ0n) is 18.5. The Morgan fingerprint density at radius 2 is 1.03 bits per heavy atom. The molecule has 0 saturated heterocycles. The molecular weight excluding hydrogens is 408 g/mol. The lowest BCUT2D eigenvalue weighted by molar-refractivity contribution is 0.340. The second kappa shape index (κ2) is 8.47. The first kappa shape index (κ1) is 19.6. The fourth-order valence-corrected chi connectivity index (χ4v) is 4.45. The minimum absolute atomic E-state index is 0.842. The third kappa shape index (κ3) is 4.07. The summed E-state index contributed by atoms with van der Waals surface area (Å²) in [6, 6.07) is 21.0. The van der Waals surface area contributed by atoms with Crippen LogP contribution in [0.3, 0.4) is 0 Å². The number of rotatable bonds is 6. The molecule has 6 rings (SSSR count). The van der Waals surface area contributed by atoms with E-state index in [9.17, 15) is 0 Å². The van der Waals surface area contributed by atoms with Crippen molar-refractivity contribution in [1.29, 1.82) is 0 Å². The zero-order valence-corrected chi connectivity index (χ0v) is 18.5. The molecule has 0 fully saturated rings. The predicted octanol–water partition coefficient (Wildman–Crippen LogP) is 4.97. The molecule has 0 bridgehead atoms. The normalized spacial score (nSPS) is 15.5. The molecule has 0 aliphatic carbocycles. The molecule has 0 atom stereocenters. The van der Waals surface area contributed by atoms with E-state index in [-0.39, 0.29) is 0 Å². The minimum Gasteiger partial charge on any atom is -0.358 e. The summed E-state index contributed by atoms with van der Waals surface area (Å²) in [6.07, 6.45) is 13.6. The SMILES string of the molecule is C1=CN(c2cc3ccccc3cn2)CN1CCCN1C=CN(c2cc3ccccc3cn2)C1. The summed E-state index contributed by atoms with van der Waals surface area (Å²) < 4.78 is 0. The van der Waals surface area contributed by atoms with Crippen LogP contribution in [0.1, 0.15) is 6.42 Å². The Morgan fingerprint density at radius 3 is 1.52 bits per heavy atom. The van der Waals surface area contributed by atoms with Crippen LogP contribution in [0.4, 0.5) is 11.6 Å². The van der Waals surface area contributed by atoms with E-state index in [4.69, 9.17) is 0 Å². The van der Waals surface area contributed by atoms with E-state index in [1.54, 1.807) is 0 Å². The van der Waals surface area contributed by atoms with Gasteiger partial charge in [0.1, 0.15) is 11.6 Å². The van der Waals surface area contributed by atoms with E-state index < -0.39 is 0 Å². The van der Waals surface area contributed by atoms with Crippen LogP contribution in [0.5, 0.6) is 0 Å². The monoisotopic (exact) mass is 434 g/mol. The lowest BCUT2D eigenvalue weighted by Gasteiger charge is -2.23. The smallest absolute Gasteiger partial charge is 0.134 e. The maximum Gasteiger partial charge on any atom is 0.134 e. The van der Waals surface area contributed by atoms with Crippen molar-refractivity contribution < 1.29 is 0 Å². The molecule has 0 saturated carbocycles. The molecule has 0 amide bonds. The Kier molecular flexibility index (Phi) is 5.03. The topological polar surface area (TPSA) is 38.7 Å². The number of benzene rings is 2. The average molecular weight is 435 g/mol. The molecule has 0 unspecified atom stereocenters. The lowest BCUT2D eigenvalue weighted by Crippen LogP contribution is -2.30. The summed E-state index contributed by atoms with van der Waals surface area (Å²) in [4.78, 5) is 18.4. The molecule has 2 aromatic heterocycles. The van der Waals surface area contributed by atoms with Crippen molar-refractivity contribution in [2.24, 2.45) is 0 Å². The number of nitrogens with zero attached hydrogens (tertiary/aromatic N) is 6. The zero-order chi connectivity index (χ0) is 22.0. The van der Waals surface area contributed by atoms with E-state index in [1.807, 2.05) is 24.5 Å². The van der Waals surface area contributed by atoms with Gasteiger partial charge in [-0.2, -0.15) is 0 Å². The molecule has 2 aromatic carbocycles. The van der Waals surface area contributed by atoms with Gasteiger partial charge >= 0.3 is 0 Å². The molecule has 33 heavy (non-hydrogen) atoms. The van der Waals surface area contributed by atoms with Gasteiger partial charge in [-0.05, 0) is 29.3 Å². The highest BCUT2D eigenvalue weighted by Gasteiger charge is 2.17. The standard InChI is InChI=1S/C27H26N6/c1-3-8-24-18-28-26(16-22(24)6-1)32-14-12-30(20-32)10-5-11-31-13-15-33(21-31)27-17-23-7-2-4-9-25(23)19-29-27/h1-4,6-9,12-19H,5,10-11,20-21H2. The van der Waals surface area contributed by atoms with Crippen LogP contribution < -0.4 is 9.80 Å². The first-order valence-electron chi connectivity index (χ1n) is 11.4. The van der Waals surface area contributed by atoms with Crippen LogP contribution in [0, 0.1) is 0 Å². The number of hydrogen-bond donors (Lipinski definition) is 0. The highest BCUT2D eigenvalue weighted by molar-refractivity contribution is 5.84. The van der Waals surface area contributed by atoms with Crippen LogP contribution in [0.2, 0.25) is 0 Å². The Balaban J connectivity index is 0.998. The number of pyridine rings is 2. The summed E-state index contributed by atoms with van der Waals surface area (Å²) in [5.74, 6) is 1.99. The fourth-order valence-electron chi connectivity index (χ4n) is 4.45. The molecule has 4 aromatic rings. The first-order valence-corrected chi connectivity index (χ1v) is 11.4. The Hall–Kier alpha value is -4.06. The van der Waals surface area contributed by atoms with Gasteiger partial charge < -0.3 is 19.6 Å². The molecule has 0 N–H and O–H groups in total. The molecule has 164 valence electrons. The van der Waals surface area contributed by atoms with E-state index in [1.165, 1.54) is 21.5 Å². The average Bonchev–Trinajstić information content (AvgIpc) is 3.54. The van der Waals surface area contributed by atoms with E-state index in [0.29, 0.717) is 0 Å². The Bertz CT molecular complexity index is 1240. The molecular formula is C27H26N6. The van der Waals surface area contributed by atoms with Crippen LogP contribution >= 0.6 is 0 Å². The highest BCUT2D eigenvalue weighted by atomic mass is 15.4. The van der Waals surface area contributed by atoms with Gasteiger partial charge in [-0.3, -0.25) is 0 Å². The van der Waals surface area contributed by atoms with Gasteiger partial charge in [0.2, 0.25) is 0 Å². The summed E-state index contributed by atoms with van der Waals surface area (Å²) in [5, 5.41) is 4.79. The van der Waals surface area contributed by atoms with Crippen molar-refractivity contribution in [2.75, 3.05) is 36.2 Å². The highest BCUT2D eigenvalue weighted by Crippen LogP contribution is 2.23. The largest absolute Gasteiger partial charge is 0.358 e. The van der Waals surface area contributed by atoms with Gasteiger partial charge in [-0.1, -0.05) is 48.5 Å². The molecule has 0 radical (unpaired) electrons. The van der Waals surface area contributed by atoms with Crippen molar-refractivity contribution >= 4 is 33.2 Å². The molecule has 2 aliphatic heterocycles. The molecule has 4 heterocycles. The van der Waals surface area contributed by atoms with Crippen LogP contribution in [-0.2, 0) is 0 Å². The maximum absolute atomic E-state index is 4.64. The van der Waals surface area contributed by atoms with E-state index in [2.05, 4.69) is 103 Å². The summed E-state index contributed by atoms with van der Waals surface area (Å²) in [7, 11) is 0. The summed E-state index contributed by atoms with van der Waals surface area (Å²) in [5.41, 5.74) is 0.